The van der Waals surface area contributed by atoms with Crippen LogP contribution < -0.4 is 19.7 Å². The van der Waals surface area contributed by atoms with Crippen LogP contribution in [0, 0.1) is 0 Å². The van der Waals surface area contributed by atoms with Crippen LogP contribution in [0.15, 0.2) is 42.5 Å². The lowest BCUT2D eigenvalue weighted by Gasteiger charge is -2.15. The fourth-order valence-corrected chi connectivity index (χ4v) is 2.76. The van der Waals surface area contributed by atoms with Gasteiger partial charge in [-0.3, -0.25) is 19.3 Å². The Balaban J connectivity index is 1.86. The fourth-order valence-electron chi connectivity index (χ4n) is 2.76. The van der Waals surface area contributed by atoms with E-state index in [1.54, 1.807) is 36.4 Å². The quantitative estimate of drug-likeness (QED) is 0.835. The molecule has 1 fully saturated rings. The van der Waals surface area contributed by atoms with Gasteiger partial charge in [0.15, 0.2) is 0 Å². The molecule has 26 heavy (non-hydrogen) atoms. The van der Waals surface area contributed by atoms with E-state index in [0.717, 1.165) is 4.90 Å². The molecular formula is C19H18N2O5. The zero-order valence-corrected chi connectivity index (χ0v) is 14.4. The smallest absolute Gasteiger partial charge is 0.255 e. The monoisotopic (exact) mass is 354 g/mol. The average molecular weight is 354 g/mol. The van der Waals surface area contributed by atoms with Gasteiger partial charge in [-0.15, -0.1) is 0 Å². The van der Waals surface area contributed by atoms with Gasteiger partial charge >= 0.3 is 0 Å². The summed E-state index contributed by atoms with van der Waals surface area (Å²) in [6.07, 6.45) is 0.381. The Morgan fingerprint density at radius 3 is 2.38 bits per heavy atom. The van der Waals surface area contributed by atoms with E-state index in [9.17, 15) is 14.4 Å². The lowest BCUT2D eigenvalue weighted by Crippen LogP contribution is -2.28. The second-order valence-electron chi connectivity index (χ2n) is 5.69. The Hall–Kier alpha value is -3.35. The van der Waals surface area contributed by atoms with Crippen LogP contribution >= 0.6 is 0 Å². The van der Waals surface area contributed by atoms with Gasteiger partial charge in [0.2, 0.25) is 11.8 Å². The average Bonchev–Trinajstić information content (AvgIpc) is 3.00. The second kappa shape index (κ2) is 7.26. The maximum absolute atomic E-state index is 12.6. The highest BCUT2D eigenvalue weighted by Gasteiger charge is 2.30. The summed E-state index contributed by atoms with van der Waals surface area (Å²) in [6, 6.07) is 11.4. The van der Waals surface area contributed by atoms with Gasteiger partial charge in [0.25, 0.3) is 5.91 Å². The lowest BCUT2D eigenvalue weighted by molar-refractivity contribution is -0.121. The number of benzene rings is 2. The predicted molar refractivity (Wildman–Crippen MR) is 95.7 cm³/mol. The number of imide groups is 1. The predicted octanol–water partition coefficient (Wildman–Crippen LogP) is 2.61. The Bertz CT molecular complexity index is 862. The summed E-state index contributed by atoms with van der Waals surface area (Å²) in [5.41, 5.74) is 1.17. The molecule has 2 aromatic carbocycles. The van der Waals surface area contributed by atoms with Crippen molar-refractivity contribution in [3.63, 3.8) is 0 Å². The van der Waals surface area contributed by atoms with Crippen molar-refractivity contribution in [1.29, 1.82) is 0 Å². The molecule has 0 spiro atoms. The van der Waals surface area contributed by atoms with E-state index in [-0.39, 0.29) is 24.7 Å². The minimum absolute atomic E-state index is 0.191. The molecule has 1 heterocycles. The van der Waals surface area contributed by atoms with Gasteiger partial charge in [-0.1, -0.05) is 6.07 Å². The first-order valence-corrected chi connectivity index (χ1v) is 8.02. The third-order valence-electron chi connectivity index (χ3n) is 4.07. The van der Waals surface area contributed by atoms with Gasteiger partial charge in [0.1, 0.15) is 11.5 Å². The van der Waals surface area contributed by atoms with Crippen molar-refractivity contribution in [2.45, 2.75) is 12.8 Å². The minimum Gasteiger partial charge on any atom is -0.497 e. The van der Waals surface area contributed by atoms with Crippen molar-refractivity contribution in [2.24, 2.45) is 0 Å². The highest BCUT2D eigenvalue weighted by atomic mass is 16.5. The van der Waals surface area contributed by atoms with Crippen molar-refractivity contribution in [1.82, 2.24) is 0 Å². The molecule has 0 saturated carbocycles. The van der Waals surface area contributed by atoms with Crippen LogP contribution in [-0.2, 0) is 9.59 Å². The van der Waals surface area contributed by atoms with Gasteiger partial charge < -0.3 is 14.8 Å². The second-order valence-corrected chi connectivity index (χ2v) is 5.69. The summed E-state index contributed by atoms with van der Waals surface area (Å²) in [5, 5.41) is 2.76. The summed E-state index contributed by atoms with van der Waals surface area (Å²) < 4.78 is 10.4. The first-order chi connectivity index (χ1) is 12.5. The number of ether oxygens (including phenoxy) is 2. The zero-order valence-electron chi connectivity index (χ0n) is 14.4. The Kier molecular flexibility index (Phi) is 4.88. The highest BCUT2D eigenvalue weighted by molar-refractivity contribution is 6.20. The number of amides is 3. The topological polar surface area (TPSA) is 84.9 Å². The molecular weight excluding hydrogens is 336 g/mol. The highest BCUT2D eigenvalue weighted by Crippen LogP contribution is 2.30. The third-order valence-corrected chi connectivity index (χ3v) is 4.07. The summed E-state index contributed by atoms with van der Waals surface area (Å²) in [6.45, 7) is 0. The molecule has 0 atom stereocenters. The summed E-state index contributed by atoms with van der Waals surface area (Å²) >= 11 is 0. The van der Waals surface area contributed by atoms with E-state index in [0.29, 0.717) is 28.4 Å². The molecule has 0 radical (unpaired) electrons. The standard InChI is InChI=1S/C19H18N2O5/c1-25-14-6-7-16(26-2)15(11-14)20-19(24)12-4-3-5-13(10-12)21-17(22)8-9-18(21)23/h3-7,10-11H,8-9H2,1-2H3,(H,20,24). The van der Waals surface area contributed by atoms with Crippen molar-refractivity contribution >= 4 is 29.1 Å². The largest absolute Gasteiger partial charge is 0.497 e. The van der Waals surface area contributed by atoms with Gasteiger partial charge in [-0.2, -0.15) is 0 Å². The summed E-state index contributed by atoms with van der Waals surface area (Å²) in [4.78, 5) is 37.5. The first kappa shape index (κ1) is 17.5. The number of anilines is 2. The van der Waals surface area contributed by atoms with E-state index in [2.05, 4.69) is 5.32 Å². The molecule has 0 aliphatic carbocycles. The molecule has 2 aromatic rings. The van der Waals surface area contributed by atoms with Crippen LogP contribution in [0.3, 0.4) is 0 Å². The van der Waals surface area contributed by atoms with E-state index < -0.39 is 5.91 Å². The number of carbonyl (C=O) groups is 3. The Morgan fingerprint density at radius 1 is 1.00 bits per heavy atom. The lowest BCUT2D eigenvalue weighted by atomic mass is 10.1. The fraction of sp³-hybridized carbons (Fsp3) is 0.211. The molecule has 0 aromatic heterocycles. The van der Waals surface area contributed by atoms with Crippen LogP contribution in [0.5, 0.6) is 11.5 Å². The number of hydrogen-bond donors (Lipinski definition) is 1. The van der Waals surface area contributed by atoms with E-state index in [4.69, 9.17) is 9.47 Å². The van der Waals surface area contributed by atoms with Crippen LogP contribution in [0.1, 0.15) is 23.2 Å². The van der Waals surface area contributed by atoms with Gasteiger partial charge in [-0.25, -0.2) is 0 Å². The maximum atomic E-state index is 12.6. The van der Waals surface area contributed by atoms with E-state index in [1.165, 1.54) is 20.3 Å². The van der Waals surface area contributed by atoms with Crippen molar-refractivity contribution in [3.8, 4) is 11.5 Å². The Labute approximate surface area is 150 Å². The molecule has 1 aliphatic heterocycles. The molecule has 7 heteroatoms. The molecule has 0 unspecified atom stereocenters. The first-order valence-electron chi connectivity index (χ1n) is 8.02. The minimum atomic E-state index is -0.391. The molecule has 1 N–H and O–H groups in total. The SMILES string of the molecule is COc1ccc(OC)c(NC(=O)c2cccc(N3C(=O)CCC3=O)c2)c1. The van der Waals surface area contributed by atoms with Crippen LogP contribution in [0.4, 0.5) is 11.4 Å². The van der Waals surface area contributed by atoms with Gasteiger partial charge in [0, 0.05) is 24.5 Å². The van der Waals surface area contributed by atoms with E-state index in [1.807, 2.05) is 0 Å². The van der Waals surface area contributed by atoms with Crippen molar-refractivity contribution < 1.29 is 23.9 Å². The van der Waals surface area contributed by atoms with Crippen LogP contribution in [-0.4, -0.2) is 31.9 Å². The number of nitrogens with one attached hydrogen (secondary N) is 1. The van der Waals surface area contributed by atoms with Crippen molar-refractivity contribution in [2.75, 3.05) is 24.4 Å². The van der Waals surface area contributed by atoms with Crippen molar-refractivity contribution in [3.05, 3.63) is 48.0 Å². The third kappa shape index (κ3) is 3.37. The Morgan fingerprint density at radius 2 is 1.73 bits per heavy atom. The number of hydrogen-bond acceptors (Lipinski definition) is 5. The van der Waals surface area contributed by atoms with Gasteiger partial charge in [-0.05, 0) is 30.3 Å². The normalized spacial score (nSPS) is 13.7. The maximum Gasteiger partial charge on any atom is 0.255 e. The van der Waals surface area contributed by atoms with Crippen LogP contribution in [0.25, 0.3) is 0 Å². The molecule has 1 saturated heterocycles. The zero-order chi connectivity index (χ0) is 18.7. The number of nitrogens with zero attached hydrogens (tertiary/aromatic N) is 1. The molecule has 3 amide bonds. The molecule has 7 nitrogen and oxygen atoms in total. The summed E-state index contributed by atoms with van der Waals surface area (Å²) in [7, 11) is 3.03. The number of methoxy groups -OCH3 is 2. The van der Waals surface area contributed by atoms with Gasteiger partial charge in [0.05, 0.1) is 25.6 Å². The molecule has 134 valence electrons. The molecule has 3 rings (SSSR count). The van der Waals surface area contributed by atoms with E-state index >= 15 is 0 Å². The molecule has 1 aliphatic rings. The molecule has 0 bridgehead atoms. The summed E-state index contributed by atoms with van der Waals surface area (Å²) in [5.74, 6) is 0.143. The van der Waals surface area contributed by atoms with Crippen LogP contribution in [0.2, 0.25) is 0 Å². The number of rotatable bonds is 5. The number of carbonyl (C=O) groups excluding carboxylic acids is 3.